The van der Waals surface area contributed by atoms with E-state index in [0.29, 0.717) is 23.4 Å². The number of para-hydroxylation sites is 1. The maximum atomic E-state index is 13.5. The Labute approximate surface area is 212 Å². The smallest absolute Gasteiger partial charge is 0.267 e. The van der Waals surface area contributed by atoms with Crippen LogP contribution in [0.5, 0.6) is 0 Å². The minimum Gasteiger partial charge on any atom is -0.325 e. The van der Waals surface area contributed by atoms with Crippen molar-refractivity contribution in [1.29, 1.82) is 0 Å². The van der Waals surface area contributed by atoms with Crippen LogP contribution in [0.1, 0.15) is 17.5 Å². The van der Waals surface area contributed by atoms with E-state index in [9.17, 15) is 22.8 Å². The quantitative estimate of drug-likeness (QED) is 0.482. The van der Waals surface area contributed by atoms with E-state index in [2.05, 4.69) is 5.32 Å². The molecule has 2 aromatic carbocycles. The summed E-state index contributed by atoms with van der Waals surface area (Å²) in [7, 11) is -3.22. The third-order valence-corrected chi connectivity index (χ3v) is 9.31. The van der Waals surface area contributed by atoms with Crippen LogP contribution in [0.15, 0.2) is 53.4 Å². The highest BCUT2D eigenvalue weighted by molar-refractivity contribution is 8.26. The molecule has 180 valence electrons. The number of sulfone groups is 1. The number of carbonyl (C=O) groups is 3. The Morgan fingerprint density at radius 3 is 2.51 bits per heavy atom. The van der Waals surface area contributed by atoms with Crippen molar-refractivity contribution < 1.29 is 22.8 Å². The molecule has 3 heterocycles. The van der Waals surface area contributed by atoms with Gasteiger partial charge in [0.1, 0.15) is 10.9 Å². The zero-order valence-electron chi connectivity index (χ0n) is 18.7. The van der Waals surface area contributed by atoms with Gasteiger partial charge in [-0.15, -0.1) is 0 Å². The number of anilines is 2. The van der Waals surface area contributed by atoms with Gasteiger partial charge in [-0.1, -0.05) is 59.9 Å². The second-order valence-electron chi connectivity index (χ2n) is 8.63. The average molecular weight is 528 g/mol. The van der Waals surface area contributed by atoms with E-state index in [1.54, 1.807) is 36.4 Å². The van der Waals surface area contributed by atoms with E-state index in [1.807, 2.05) is 19.1 Å². The van der Waals surface area contributed by atoms with Gasteiger partial charge in [-0.25, -0.2) is 8.42 Å². The molecule has 35 heavy (non-hydrogen) atoms. The number of hydrogen-bond acceptors (Lipinski definition) is 7. The molecule has 1 N–H and O–H groups in total. The van der Waals surface area contributed by atoms with Crippen LogP contribution >= 0.6 is 24.0 Å². The molecule has 1 atom stereocenters. The molecule has 2 fully saturated rings. The Morgan fingerprint density at radius 2 is 1.83 bits per heavy atom. The van der Waals surface area contributed by atoms with Crippen molar-refractivity contribution in [3.8, 4) is 0 Å². The molecule has 0 unspecified atom stereocenters. The Hall–Kier alpha value is -3.02. The largest absolute Gasteiger partial charge is 0.325 e. The highest BCUT2D eigenvalue weighted by atomic mass is 32.2. The standard InChI is InChI=1S/C24H21N3O5S3/c1-14-6-8-15(9-7-14)25-19(28)12-26-18-5-3-2-4-17(18)20(22(26)29)21-23(30)27(24(33)34-21)16-10-11-35(31,32)13-16/h2-9,16H,10-13H2,1H3,(H,25,28)/b21-20-/t16-/m1/s1. The van der Waals surface area contributed by atoms with Gasteiger partial charge in [0.25, 0.3) is 11.8 Å². The van der Waals surface area contributed by atoms with Gasteiger partial charge in [0.15, 0.2) is 9.84 Å². The van der Waals surface area contributed by atoms with E-state index in [4.69, 9.17) is 12.2 Å². The van der Waals surface area contributed by atoms with E-state index in [0.717, 1.165) is 17.3 Å². The fourth-order valence-electron chi connectivity index (χ4n) is 4.46. The van der Waals surface area contributed by atoms with Gasteiger partial charge in [-0.05, 0) is 31.5 Å². The van der Waals surface area contributed by atoms with Crippen molar-refractivity contribution in [2.45, 2.75) is 19.4 Å². The van der Waals surface area contributed by atoms with Crippen molar-refractivity contribution >= 4 is 72.8 Å². The monoisotopic (exact) mass is 527 g/mol. The van der Waals surface area contributed by atoms with Crippen LogP contribution in [-0.2, 0) is 24.2 Å². The number of fused-ring (bicyclic) bond motifs is 1. The van der Waals surface area contributed by atoms with Crippen molar-refractivity contribution in [2.24, 2.45) is 0 Å². The normalized spacial score (nSPS) is 23.2. The summed E-state index contributed by atoms with van der Waals surface area (Å²) < 4.78 is 24.2. The Morgan fingerprint density at radius 1 is 1.11 bits per heavy atom. The van der Waals surface area contributed by atoms with Crippen LogP contribution < -0.4 is 10.2 Å². The molecule has 0 spiro atoms. The topological polar surface area (TPSA) is 104 Å². The number of carbonyl (C=O) groups excluding carboxylic acids is 3. The van der Waals surface area contributed by atoms with Gasteiger partial charge >= 0.3 is 0 Å². The van der Waals surface area contributed by atoms with Gasteiger partial charge in [-0.2, -0.15) is 0 Å². The second-order valence-corrected chi connectivity index (χ2v) is 12.5. The molecule has 3 aliphatic heterocycles. The van der Waals surface area contributed by atoms with Crippen molar-refractivity contribution in [2.75, 3.05) is 28.3 Å². The van der Waals surface area contributed by atoms with Gasteiger partial charge in [0, 0.05) is 11.3 Å². The summed E-state index contributed by atoms with van der Waals surface area (Å²) in [4.78, 5) is 42.5. The molecule has 0 aromatic heterocycles. The van der Waals surface area contributed by atoms with Gasteiger partial charge < -0.3 is 5.32 Å². The number of thiocarbonyl (C=S) groups is 1. The maximum Gasteiger partial charge on any atom is 0.267 e. The lowest BCUT2D eigenvalue weighted by atomic mass is 10.1. The van der Waals surface area contributed by atoms with Crippen molar-refractivity contribution in [1.82, 2.24) is 4.90 Å². The molecule has 0 aliphatic carbocycles. The van der Waals surface area contributed by atoms with E-state index in [1.165, 1.54) is 9.80 Å². The predicted molar refractivity (Wildman–Crippen MR) is 140 cm³/mol. The number of amides is 3. The summed E-state index contributed by atoms with van der Waals surface area (Å²) in [5, 5.41) is 2.79. The van der Waals surface area contributed by atoms with Crippen LogP contribution in [0.4, 0.5) is 11.4 Å². The Kier molecular flexibility index (Phi) is 6.02. The molecule has 11 heteroatoms. The number of hydrogen-bond donors (Lipinski definition) is 1. The van der Waals surface area contributed by atoms with Crippen LogP contribution in [0.2, 0.25) is 0 Å². The summed E-state index contributed by atoms with van der Waals surface area (Å²) >= 11 is 6.41. The Balaban J connectivity index is 1.44. The number of aryl methyl sites for hydroxylation is 1. The Bertz CT molecular complexity index is 1420. The minimum atomic E-state index is -3.22. The predicted octanol–water partition coefficient (Wildman–Crippen LogP) is 2.74. The molecular formula is C24H21N3O5S3. The number of thioether (sulfide) groups is 1. The first-order valence-electron chi connectivity index (χ1n) is 10.9. The minimum absolute atomic E-state index is 0.00622. The second kappa shape index (κ2) is 8.89. The molecule has 0 bridgehead atoms. The van der Waals surface area contributed by atoms with E-state index >= 15 is 0 Å². The van der Waals surface area contributed by atoms with Crippen LogP contribution in [0, 0.1) is 6.92 Å². The summed E-state index contributed by atoms with van der Waals surface area (Å²) in [5.41, 5.74) is 2.93. The maximum absolute atomic E-state index is 13.5. The third-order valence-electron chi connectivity index (χ3n) is 6.16. The molecule has 0 saturated carbocycles. The number of benzene rings is 2. The molecule has 8 nitrogen and oxygen atoms in total. The number of nitrogens with one attached hydrogen (secondary N) is 1. The first-order valence-corrected chi connectivity index (χ1v) is 14.0. The lowest BCUT2D eigenvalue weighted by Gasteiger charge is -2.21. The fraction of sp³-hybridized carbons (Fsp3) is 0.250. The van der Waals surface area contributed by atoms with Gasteiger partial charge in [0.2, 0.25) is 5.91 Å². The molecule has 0 radical (unpaired) electrons. The van der Waals surface area contributed by atoms with Gasteiger partial charge in [0.05, 0.1) is 33.7 Å². The molecule has 5 rings (SSSR count). The van der Waals surface area contributed by atoms with E-state index in [-0.39, 0.29) is 38.8 Å². The zero-order chi connectivity index (χ0) is 24.9. The SMILES string of the molecule is Cc1ccc(NC(=O)CN2C(=O)/C(=C3\SC(=S)N([C@@H]4CCS(=O)(=O)C4)C3=O)c3ccccc32)cc1. The fourth-order valence-corrected chi connectivity index (χ4v) is 7.63. The van der Waals surface area contributed by atoms with Crippen molar-refractivity contribution in [3.05, 3.63) is 64.6 Å². The summed E-state index contributed by atoms with van der Waals surface area (Å²) in [6.45, 7) is 1.72. The number of nitrogens with zero attached hydrogens (tertiary/aromatic N) is 2. The zero-order valence-corrected chi connectivity index (χ0v) is 21.1. The lowest BCUT2D eigenvalue weighted by molar-refractivity contribution is -0.123. The lowest BCUT2D eigenvalue weighted by Crippen LogP contribution is -2.39. The molecule has 2 saturated heterocycles. The third kappa shape index (κ3) is 4.39. The molecule has 2 aromatic rings. The van der Waals surface area contributed by atoms with Gasteiger partial charge in [-0.3, -0.25) is 24.2 Å². The molecule has 3 aliphatic rings. The number of rotatable bonds is 4. The highest BCUT2D eigenvalue weighted by Gasteiger charge is 2.46. The van der Waals surface area contributed by atoms with Crippen LogP contribution in [-0.4, -0.2) is 59.5 Å². The molecule has 3 amide bonds. The van der Waals surface area contributed by atoms with Crippen LogP contribution in [0.25, 0.3) is 5.57 Å². The first-order chi connectivity index (χ1) is 16.6. The molecular weight excluding hydrogens is 506 g/mol. The average Bonchev–Trinajstić information content (AvgIpc) is 3.40. The van der Waals surface area contributed by atoms with Crippen LogP contribution in [0.3, 0.4) is 0 Å². The summed E-state index contributed by atoms with van der Waals surface area (Å²) in [6, 6.07) is 13.8. The highest BCUT2D eigenvalue weighted by Crippen LogP contribution is 2.45. The summed E-state index contributed by atoms with van der Waals surface area (Å²) in [5.74, 6) is -1.44. The summed E-state index contributed by atoms with van der Waals surface area (Å²) in [6.07, 6.45) is 0.313. The van der Waals surface area contributed by atoms with Crippen molar-refractivity contribution in [3.63, 3.8) is 0 Å². The van der Waals surface area contributed by atoms with E-state index < -0.39 is 27.7 Å². The first kappa shape index (κ1) is 23.7.